The van der Waals surface area contributed by atoms with Crippen LogP contribution >= 0.6 is 11.6 Å². The van der Waals surface area contributed by atoms with E-state index in [0.717, 1.165) is 17.3 Å². The zero-order valence-corrected chi connectivity index (χ0v) is 12.3. The van der Waals surface area contributed by atoms with Gasteiger partial charge in [-0.1, -0.05) is 41.9 Å². The average molecular weight is 275 g/mol. The molecule has 0 bridgehead atoms. The van der Waals surface area contributed by atoms with Crippen molar-refractivity contribution in [2.45, 2.75) is 13.5 Å². The lowest BCUT2D eigenvalue weighted by atomic mass is 10.1. The number of hydrogen-bond donors (Lipinski definition) is 1. The van der Waals surface area contributed by atoms with Gasteiger partial charge in [-0.3, -0.25) is 0 Å². The molecule has 19 heavy (non-hydrogen) atoms. The van der Waals surface area contributed by atoms with Crippen LogP contribution in [0.2, 0.25) is 5.02 Å². The van der Waals surface area contributed by atoms with E-state index >= 15 is 0 Å². The Morgan fingerprint density at radius 1 is 1.11 bits per heavy atom. The molecule has 2 rings (SSSR count). The summed E-state index contributed by atoms with van der Waals surface area (Å²) in [5.74, 6) is 0. The summed E-state index contributed by atoms with van der Waals surface area (Å²) < 4.78 is 0. The van der Waals surface area contributed by atoms with Gasteiger partial charge in [0.2, 0.25) is 0 Å². The van der Waals surface area contributed by atoms with Crippen molar-refractivity contribution in [3.8, 4) is 0 Å². The third-order valence-electron chi connectivity index (χ3n) is 3.25. The molecule has 0 atom stereocenters. The summed E-state index contributed by atoms with van der Waals surface area (Å²) in [6.07, 6.45) is 0. The fourth-order valence-corrected chi connectivity index (χ4v) is 2.65. The summed E-state index contributed by atoms with van der Waals surface area (Å²) in [6, 6.07) is 14.4. The summed E-state index contributed by atoms with van der Waals surface area (Å²) in [5, 5.41) is 3.96. The standard InChI is InChI=1S/C16H19ClN2/c1-12-7-4-5-10-15(12)19(3)16-13(11-18-2)8-6-9-14(16)17/h4-10,18H,11H2,1-3H3. The van der Waals surface area contributed by atoms with Crippen molar-refractivity contribution in [2.75, 3.05) is 19.0 Å². The number of halogens is 1. The van der Waals surface area contributed by atoms with Gasteiger partial charge in [0.15, 0.2) is 0 Å². The third-order valence-corrected chi connectivity index (χ3v) is 3.55. The van der Waals surface area contributed by atoms with Crippen molar-refractivity contribution in [3.63, 3.8) is 0 Å². The molecule has 2 aromatic carbocycles. The highest BCUT2D eigenvalue weighted by Crippen LogP contribution is 2.35. The molecule has 1 N–H and O–H groups in total. The van der Waals surface area contributed by atoms with E-state index < -0.39 is 0 Å². The Kier molecular flexibility index (Phi) is 4.46. The molecular formula is C16H19ClN2. The summed E-state index contributed by atoms with van der Waals surface area (Å²) in [7, 11) is 4.00. The second kappa shape index (κ2) is 6.09. The third kappa shape index (κ3) is 2.91. The molecule has 0 amide bonds. The highest BCUT2D eigenvalue weighted by Gasteiger charge is 2.14. The van der Waals surface area contributed by atoms with E-state index in [-0.39, 0.29) is 0 Å². The number of aryl methyl sites for hydroxylation is 1. The van der Waals surface area contributed by atoms with E-state index in [9.17, 15) is 0 Å². The van der Waals surface area contributed by atoms with Crippen LogP contribution in [0.3, 0.4) is 0 Å². The minimum Gasteiger partial charge on any atom is -0.343 e. The summed E-state index contributed by atoms with van der Waals surface area (Å²) >= 11 is 6.39. The maximum atomic E-state index is 6.39. The number of nitrogens with zero attached hydrogens (tertiary/aromatic N) is 1. The summed E-state index contributed by atoms with van der Waals surface area (Å²) in [5.41, 5.74) is 4.67. The van der Waals surface area contributed by atoms with Crippen LogP contribution in [0.5, 0.6) is 0 Å². The predicted octanol–water partition coefficient (Wildman–Crippen LogP) is 4.14. The van der Waals surface area contributed by atoms with Crippen LogP contribution in [0.25, 0.3) is 0 Å². The summed E-state index contributed by atoms with van der Waals surface area (Å²) in [6.45, 7) is 2.91. The molecule has 100 valence electrons. The molecule has 0 aliphatic heterocycles. The van der Waals surface area contributed by atoms with Gasteiger partial charge in [0.05, 0.1) is 10.7 Å². The molecule has 0 spiro atoms. The number of nitrogens with one attached hydrogen (secondary N) is 1. The number of anilines is 2. The molecule has 0 fully saturated rings. The Balaban J connectivity index is 2.49. The van der Waals surface area contributed by atoms with E-state index in [1.54, 1.807) is 0 Å². The molecule has 0 aromatic heterocycles. The van der Waals surface area contributed by atoms with Gasteiger partial charge in [-0.2, -0.15) is 0 Å². The summed E-state index contributed by atoms with van der Waals surface area (Å²) in [4.78, 5) is 2.16. The SMILES string of the molecule is CNCc1cccc(Cl)c1N(C)c1ccccc1C. The van der Waals surface area contributed by atoms with E-state index in [2.05, 4.69) is 42.4 Å². The van der Waals surface area contributed by atoms with Crippen molar-refractivity contribution in [3.05, 3.63) is 58.6 Å². The zero-order valence-electron chi connectivity index (χ0n) is 11.6. The smallest absolute Gasteiger partial charge is 0.0646 e. The zero-order chi connectivity index (χ0) is 13.8. The first kappa shape index (κ1) is 13.9. The number of benzene rings is 2. The lowest BCUT2D eigenvalue weighted by Gasteiger charge is -2.25. The van der Waals surface area contributed by atoms with E-state index in [4.69, 9.17) is 11.6 Å². The minimum atomic E-state index is 0.776. The minimum absolute atomic E-state index is 0.776. The van der Waals surface area contributed by atoms with Crippen molar-refractivity contribution >= 4 is 23.0 Å². The van der Waals surface area contributed by atoms with Gasteiger partial charge >= 0.3 is 0 Å². The number of hydrogen-bond acceptors (Lipinski definition) is 2. The van der Waals surface area contributed by atoms with E-state index in [1.807, 2.05) is 31.3 Å². The lowest BCUT2D eigenvalue weighted by Crippen LogP contribution is -2.16. The lowest BCUT2D eigenvalue weighted by molar-refractivity contribution is 0.816. The Morgan fingerprint density at radius 3 is 2.53 bits per heavy atom. The molecule has 3 heteroatoms. The second-order valence-electron chi connectivity index (χ2n) is 4.62. The van der Waals surface area contributed by atoms with Crippen molar-refractivity contribution in [1.29, 1.82) is 0 Å². The van der Waals surface area contributed by atoms with Gasteiger partial charge in [0.25, 0.3) is 0 Å². The van der Waals surface area contributed by atoms with Crippen LogP contribution in [0.4, 0.5) is 11.4 Å². The van der Waals surface area contributed by atoms with Crippen LogP contribution in [0, 0.1) is 6.92 Å². The predicted molar refractivity (Wildman–Crippen MR) is 83.5 cm³/mol. The second-order valence-corrected chi connectivity index (χ2v) is 5.03. The molecule has 0 unspecified atom stereocenters. The van der Waals surface area contributed by atoms with Crippen LogP contribution in [-0.4, -0.2) is 14.1 Å². The maximum Gasteiger partial charge on any atom is 0.0646 e. The first-order valence-corrected chi connectivity index (χ1v) is 6.74. The molecule has 0 radical (unpaired) electrons. The Bertz CT molecular complexity index is 566. The van der Waals surface area contributed by atoms with E-state index in [0.29, 0.717) is 0 Å². The topological polar surface area (TPSA) is 15.3 Å². The fourth-order valence-electron chi connectivity index (χ4n) is 2.33. The van der Waals surface area contributed by atoms with Crippen LogP contribution in [0.1, 0.15) is 11.1 Å². The monoisotopic (exact) mass is 274 g/mol. The largest absolute Gasteiger partial charge is 0.343 e. The maximum absolute atomic E-state index is 6.39. The molecule has 2 aromatic rings. The first-order chi connectivity index (χ1) is 9.15. The van der Waals surface area contributed by atoms with Crippen LogP contribution in [0.15, 0.2) is 42.5 Å². The van der Waals surface area contributed by atoms with Crippen LogP contribution in [-0.2, 0) is 6.54 Å². The number of para-hydroxylation sites is 2. The molecule has 0 aliphatic rings. The van der Waals surface area contributed by atoms with Crippen molar-refractivity contribution in [1.82, 2.24) is 5.32 Å². The molecule has 0 heterocycles. The fraction of sp³-hybridized carbons (Fsp3) is 0.250. The molecule has 0 aliphatic carbocycles. The first-order valence-electron chi connectivity index (χ1n) is 6.36. The van der Waals surface area contributed by atoms with Crippen molar-refractivity contribution < 1.29 is 0 Å². The van der Waals surface area contributed by atoms with Crippen molar-refractivity contribution in [2.24, 2.45) is 0 Å². The van der Waals surface area contributed by atoms with Gasteiger partial charge in [-0.15, -0.1) is 0 Å². The average Bonchev–Trinajstić information content (AvgIpc) is 2.39. The Labute approximate surface area is 120 Å². The Hall–Kier alpha value is -1.51. The highest BCUT2D eigenvalue weighted by atomic mass is 35.5. The molecule has 2 nitrogen and oxygen atoms in total. The van der Waals surface area contributed by atoms with E-state index in [1.165, 1.54) is 16.8 Å². The van der Waals surface area contributed by atoms with Gasteiger partial charge in [0, 0.05) is 19.3 Å². The number of rotatable bonds is 4. The van der Waals surface area contributed by atoms with Gasteiger partial charge in [-0.25, -0.2) is 0 Å². The quantitative estimate of drug-likeness (QED) is 0.902. The molecular weight excluding hydrogens is 256 g/mol. The Morgan fingerprint density at radius 2 is 1.84 bits per heavy atom. The van der Waals surface area contributed by atoms with Crippen LogP contribution < -0.4 is 10.2 Å². The highest BCUT2D eigenvalue weighted by molar-refractivity contribution is 6.33. The van der Waals surface area contributed by atoms with Gasteiger partial charge in [-0.05, 0) is 37.2 Å². The van der Waals surface area contributed by atoms with Gasteiger partial charge in [0.1, 0.15) is 0 Å². The molecule has 0 saturated heterocycles. The molecule has 0 saturated carbocycles. The normalized spacial score (nSPS) is 10.5. The van der Waals surface area contributed by atoms with Gasteiger partial charge < -0.3 is 10.2 Å².